The molecule has 0 spiro atoms. The maximum atomic E-state index is 11.7. The third-order valence-corrected chi connectivity index (χ3v) is 3.02. The number of hydrogen-bond donors (Lipinski definition) is 1. The topological polar surface area (TPSA) is 45.2 Å². The Kier molecular flexibility index (Phi) is 4.50. The van der Waals surface area contributed by atoms with E-state index in [1.165, 1.54) is 0 Å². The number of carbonyl (C=O) groups excluding carboxylic acids is 1. The fourth-order valence-electron chi connectivity index (χ4n) is 2.04. The SMILES string of the molecule is O=C(CNCCc1ccccn1)N1CCCC1. The monoisotopic (exact) mass is 233 g/mol. The predicted octanol–water partition coefficient (Wildman–Crippen LogP) is 0.836. The summed E-state index contributed by atoms with van der Waals surface area (Å²) in [4.78, 5) is 17.9. The van der Waals surface area contributed by atoms with Crippen molar-refractivity contribution in [1.82, 2.24) is 15.2 Å². The van der Waals surface area contributed by atoms with E-state index in [2.05, 4.69) is 10.3 Å². The Bertz CT molecular complexity index is 347. The molecule has 4 heteroatoms. The summed E-state index contributed by atoms with van der Waals surface area (Å²) in [7, 11) is 0. The Morgan fingerprint density at radius 3 is 2.88 bits per heavy atom. The molecule has 92 valence electrons. The van der Waals surface area contributed by atoms with Gasteiger partial charge in [-0.15, -0.1) is 0 Å². The molecule has 0 radical (unpaired) electrons. The van der Waals surface area contributed by atoms with E-state index in [1.807, 2.05) is 23.1 Å². The molecular weight excluding hydrogens is 214 g/mol. The fourth-order valence-corrected chi connectivity index (χ4v) is 2.04. The Morgan fingerprint density at radius 1 is 1.35 bits per heavy atom. The van der Waals surface area contributed by atoms with Crippen LogP contribution >= 0.6 is 0 Å². The maximum absolute atomic E-state index is 11.7. The highest BCUT2D eigenvalue weighted by Crippen LogP contribution is 2.06. The van der Waals surface area contributed by atoms with Gasteiger partial charge in [-0.05, 0) is 25.0 Å². The molecule has 0 atom stereocenters. The van der Waals surface area contributed by atoms with Gasteiger partial charge in [-0.2, -0.15) is 0 Å². The van der Waals surface area contributed by atoms with E-state index < -0.39 is 0 Å². The van der Waals surface area contributed by atoms with Crippen molar-refractivity contribution in [1.29, 1.82) is 0 Å². The van der Waals surface area contributed by atoms with Crippen molar-refractivity contribution in [2.75, 3.05) is 26.2 Å². The Balaban J connectivity index is 1.61. The average molecular weight is 233 g/mol. The smallest absolute Gasteiger partial charge is 0.236 e. The van der Waals surface area contributed by atoms with Gasteiger partial charge in [0, 0.05) is 37.9 Å². The molecule has 1 aliphatic heterocycles. The van der Waals surface area contributed by atoms with E-state index in [0.717, 1.165) is 44.6 Å². The van der Waals surface area contributed by atoms with Crippen LogP contribution in [0.15, 0.2) is 24.4 Å². The second kappa shape index (κ2) is 6.35. The van der Waals surface area contributed by atoms with Crippen molar-refractivity contribution >= 4 is 5.91 Å². The van der Waals surface area contributed by atoms with Gasteiger partial charge in [0.15, 0.2) is 0 Å². The molecule has 4 nitrogen and oxygen atoms in total. The summed E-state index contributed by atoms with van der Waals surface area (Å²) in [5.41, 5.74) is 1.06. The zero-order valence-electron chi connectivity index (χ0n) is 10.1. The lowest BCUT2D eigenvalue weighted by atomic mass is 10.3. The van der Waals surface area contributed by atoms with Crippen LogP contribution in [-0.2, 0) is 11.2 Å². The standard InChI is InChI=1S/C13H19N3O/c17-13(16-9-3-4-10-16)11-14-8-6-12-5-1-2-7-15-12/h1-2,5,7,14H,3-4,6,8-11H2. The van der Waals surface area contributed by atoms with Crippen molar-refractivity contribution in [2.45, 2.75) is 19.3 Å². The highest BCUT2D eigenvalue weighted by Gasteiger charge is 2.16. The van der Waals surface area contributed by atoms with Crippen molar-refractivity contribution in [2.24, 2.45) is 0 Å². The number of aromatic nitrogens is 1. The van der Waals surface area contributed by atoms with Gasteiger partial charge in [0.1, 0.15) is 0 Å². The van der Waals surface area contributed by atoms with Crippen LogP contribution in [0.5, 0.6) is 0 Å². The van der Waals surface area contributed by atoms with Gasteiger partial charge < -0.3 is 10.2 Å². The number of carbonyl (C=O) groups is 1. The van der Waals surface area contributed by atoms with Crippen LogP contribution in [0.3, 0.4) is 0 Å². The summed E-state index contributed by atoms with van der Waals surface area (Å²) >= 11 is 0. The lowest BCUT2D eigenvalue weighted by molar-refractivity contribution is -0.129. The van der Waals surface area contributed by atoms with E-state index in [-0.39, 0.29) is 5.91 Å². The molecule has 1 aromatic heterocycles. The molecule has 0 aromatic carbocycles. The molecule has 1 aromatic rings. The van der Waals surface area contributed by atoms with Gasteiger partial charge >= 0.3 is 0 Å². The minimum absolute atomic E-state index is 0.225. The number of nitrogens with zero attached hydrogens (tertiary/aromatic N) is 2. The molecule has 0 unspecified atom stereocenters. The Hall–Kier alpha value is -1.42. The molecule has 1 saturated heterocycles. The highest BCUT2D eigenvalue weighted by molar-refractivity contribution is 5.78. The molecule has 0 saturated carbocycles. The van der Waals surface area contributed by atoms with Gasteiger partial charge in [-0.3, -0.25) is 9.78 Å². The molecular formula is C13H19N3O. The molecule has 0 bridgehead atoms. The van der Waals surface area contributed by atoms with Crippen LogP contribution in [-0.4, -0.2) is 42.0 Å². The number of hydrogen-bond acceptors (Lipinski definition) is 3. The number of rotatable bonds is 5. The van der Waals surface area contributed by atoms with Crippen LogP contribution in [0.1, 0.15) is 18.5 Å². The first-order valence-corrected chi connectivity index (χ1v) is 6.24. The van der Waals surface area contributed by atoms with Gasteiger partial charge in [-0.1, -0.05) is 6.07 Å². The first kappa shape index (κ1) is 12.0. The lowest BCUT2D eigenvalue weighted by Gasteiger charge is -2.15. The van der Waals surface area contributed by atoms with Crippen LogP contribution in [0, 0.1) is 0 Å². The van der Waals surface area contributed by atoms with Crippen LogP contribution in [0.4, 0.5) is 0 Å². The van der Waals surface area contributed by atoms with E-state index in [9.17, 15) is 4.79 Å². The zero-order chi connectivity index (χ0) is 11.9. The van der Waals surface area contributed by atoms with E-state index in [1.54, 1.807) is 6.20 Å². The first-order chi connectivity index (χ1) is 8.36. The molecule has 17 heavy (non-hydrogen) atoms. The summed E-state index contributed by atoms with van der Waals surface area (Å²) in [6, 6.07) is 5.90. The zero-order valence-corrected chi connectivity index (χ0v) is 10.1. The van der Waals surface area contributed by atoms with Gasteiger partial charge in [0.2, 0.25) is 5.91 Å². The van der Waals surface area contributed by atoms with Crippen molar-refractivity contribution in [3.05, 3.63) is 30.1 Å². The summed E-state index contributed by atoms with van der Waals surface area (Å²) < 4.78 is 0. The van der Waals surface area contributed by atoms with E-state index in [4.69, 9.17) is 0 Å². The molecule has 1 fully saturated rings. The number of pyridine rings is 1. The quantitative estimate of drug-likeness (QED) is 0.766. The number of amides is 1. The van der Waals surface area contributed by atoms with Crippen LogP contribution < -0.4 is 5.32 Å². The minimum Gasteiger partial charge on any atom is -0.342 e. The molecule has 2 rings (SSSR count). The van der Waals surface area contributed by atoms with Crippen molar-refractivity contribution < 1.29 is 4.79 Å². The van der Waals surface area contributed by atoms with E-state index in [0.29, 0.717) is 6.54 Å². The highest BCUT2D eigenvalue weighted by atomic mass is 16.2. The molecule has 2 heterocycles. The normalized spacial score (nSPS) is 15.2. The third kappa shape index (κ3) is 3.82. The largest absolute Gasteiger partial charge is 0.342 e. The van der Waals surface area contributed by atoms with Crippen LogP contribution in [0.2, 0.25) is 0 Å². The molecule has 1 amide bonds. The number of nitrogens with one attached hydrogen (secondary N) is 1. The predicted molar refractivity (Wildman–Crippen MR) is 66.6 cm³/mol. The van der Waals surface area contributed by atoms with Gasteiger partial charge in [0.25, 0.3) is 0 Å². The summed E-state index contributed by atoms with van der Waals surface area (Å²) in [5.74, 6) is 0.225. The average Bonchev–Trinajstić information content (AvgIpc) is 2.89. The lowest BCUT2D eigenvalue weighted by Crippen LogP contribution is -2.36. The van der Waals surface area contributed by atoms with Crippen molar-refractivity contribution in [3.63, 3.8) is 0 Å². The second-order valence-electron chi connectivity index (χ2n) is 4.34. The van der Waals surface area contributed by atoms with Gasteiger partial charge in [0.05, 0.1) is 6.54 Å². The van der Waals surface area contributed by atoms with E-state index >= 15 is 0 Å². The molecule has 1 aliphatic rings. The summed E-state index contributed by atoms with van der Waals surface area (Å²) in [6.07, 6.45) is 4.97. The summed E-state index contributed by atoms with van der Waals surface area (Å²) in [5, 5.41) is 3.18. The minimum atomic E-state index is 0.225. The molecule has 0 aliphatic carbocycles. The number of likely N-dealkylation sites (tertiary alicyclic amines) is 1. The van der Waals surface area contributed by atoms with Gasteiger partial charge in [-0.25, -0.2) is 0 Å². The van der Waals surface area contributed by atoms with Crippen LogP contribution in [0.25, 0.3) is 0 Å². The fraction of sp³-hybridized carbons (Fsp3) is 0.538. The first-order valence-electron chi connectivity index (χ1n) is 6.24. The Morgan fingerprint density at radius 2 is 2.18 bits per heavy atom. The summed E-state index contributed by atoms with van der Waals surface area (Å²) in [6.45, 7) is 3.12. The maximum Gasteiger partial charge on any atom is 0.236 e. The second-order valence-corrected chi connectivity index (χ2v) is 4.34. The molecule has 1 N–H and O–H groups in total. The Labute approximate surface area is 102 Å². The third-order valence-electron chi connectivity index (χ3n) is 3.02. The van der Waals surface area contributed by atoms with Crippen molar-refractivity contribution in [3.8, 4) is 0 Å².